The van der Waals surface area contributed by atoms with Crippen molar-refractivity contribution in [1.29, 1.82) is 0 Å². The predicted octanol–water partition coefficient (Wildman–Crippen LogP) is 3.35. The zero-order chi connectivity index (χ0) is 20.9. The zero-order valence-electron chi connectivity index (χ0n) is 17.2. The van der Waals surface area contributed by atoms with Gasteiger partial charge in [0.05, 0.1) is 19.3 Å². The van der Waals surface area contributed by atoms with E-state index in [1.165, 1.54) is 6.42 Å². The summed E-state index contributed by atoms with van der Waals surface area (Å²) < 4.78 is 11.3. The Balaban J connectivity index is 1.47. The Morgan fingerprint density at radius 2 is 1.87 bits per heavy atom. The second-order valence-corrected chi connectivity index (χ2v) is 7.96. The molecule has 1 N–H and O–H groups in total. The van der Waals surface area contributed by atoms with Crippen LogP contribution < -0.4 is 19.7 Å². The Kier molecular flexibility index (Phi) is 6.38. The number of thiocarbonyl (C=S) groups is 1. The van der Waals surface area contributed by atoms with Crippen molar-refractivity contribution in [3.05, 3.63) is 54.1 Å². The monoisotopic (exact) mass is 425 g/mol. The summed E-state index contributed by atoms with van der Waals surface area (Å²) in [5.41, 5.74) is 1.98. The van der Waals surface area contributed by atoms with Gasteiger partial charge < -0.3 is 24.6 Å². The molecule has 7 heteroatoms. The van der Waals surface area contributed by atoms with Crippen molar-refractivity contribution in [2.45, 2.75) is 31.9 Å². The van der Waals surface area contributed by atoms with Crippen LogP contribution in [-0.4, -0.2) is 48.8 Å². The van der Waals surface area contributed by atoms with Crippen LogP contribution in [0.5, 0.6) is 11.5 Å². The van der Waals surface area contributed by atoms with Crippen LogP contribution in [-0.2, 0) is 11.3 Å². The van der Waals surface area contributed by atoms with E-state index in [2.05, 4.69) is 5.32 Å². The van der Waals surface area contributed by atoms with Crippen LogP contribution in [0.3, 0.4) is 0 Å². The molecule has 0 radical (unpaired) electrons. The van der Waals surface area contributed by atoms with Crippen LogP contribution in [0.4, 0.5) is 5.69 Å². The second kappa shape index (κ2) is 9.34. The van der Waals surface area contributed by atoms with Crippen LogP contribution >= 0.6 is 12.2 Å². The predicted molar refractivity (Wildman–Crippen MR) is 121 cm³/mol. The summed E-state index contributed by atoms with van der Waals surface area (Å²) in [7, 11) is 1.65. The fourth-order valence-electron chi connectivity index (χ4n) is 3.89. The van der Waals surface area contributed by atoms with Crippen molar-refractivity contribution in [1.82, 2.24) is 10.2 Å². The van der Waals surface area contributed by atoms with Crippen molar-refractivity contribution in [3.63, 3.8) is 0 Å². The lowest BCUT2D eigenvalue weighted by molar-refractivity contribution is -0.139. The molecule has 2 aromatic carbocycles. The van der Waals surface area contributed by atoms with Gasteiger partial charge in [0.15, 0.2) is 11.2 Å². The Labute approximate surface area is 182 Å². The Morgan fingerprint density at radius 3 is 2.60 bits per heavy atom. The molecule has 0 saturated carbocycles. The number of anilines is 1. The normalized spacial score (nSPS) is 18.2. The number of rotatable bonds is 4. The van der Waals surface area contributed by atoms with E-state index < -0.39 is 6.10 Å². The molecule has 1 atom stereocenters. The molecule has 2 aliphatic heterocycles. The average molecular weight is 426 g/mol. The summed E-state index contributed by atoms with van der Waals surface area (Å²) in [6.07, 6.45) is 2.74. The average Bonchev–Trinajstić information content (AvgIpc) is 2.82. The van der Waals surface area contributed by atoms with Gasteiger partial charge in [0.1, 0.15) is 11.5 Å². The third-order valence-electron chi connectivity index (χ3n) is 5.56. The number of methoxy groups -OCH3 is 1. The minimum atomic E-state index is -0.557. The third kappa shape index (κ3) is 4.51. The standard InChI is InChI=1S/C23H27N3O3S/c1-28-18-11-9-17(10-12-18)15-24-23(30)26-16-21(22(27)25-13-5-2-6-14-25)29-20-8-4-3-7-19(20)26/h3-4,7-12,21H,2,5-6,13-16H2,1H3,(H,24,30)/t21-/m1/s1. The summed E-state index contributed by atoms with van der Waals surface area (Å²) in [5, 5.41) is 3.90. The van der Waals surface area contributed by atoms with Gasteiger partial charge in [-0.05, 0) is 61.3 Å². The molecule has 0 spiro atoms. The lowest BCUT2D eigenvalue weighted by Crippen LogP contribution is -2.54. The SMILES string of the molecule is COc1ccc(CNC(=S)N2C[C@H](C(=O)N3CCCCC3)Oc3ccccc32)cc1. The van der Waals surface area contributed by atoms with Gasteiger partial charge in [0, 0.05) is 19.6 Å². The molecule has 158 valence electrons. The number of likely N-dealkylation sites (tertiary alicyclic amines) is 1. The number of piperidine rings is 1. The number of amides is 1. The van der Waals surface area contributed by atoms with Crippen LogP contribution in [0.25, 0.3) is 0 Å². The van der Waals surface area contributed by atoms with E-state index in [4.69, 9.17) is 21.7 Å². The van der Waals surface area contributed by atoms with Gasteiger partial charge in [-0.3, -0.25) is 4.79 Å². The number of fused-ring (bicyclic) bond motifs is 1. The van der Waals surface area contributed by atoms with Gasteiger partial charge in [-0.1, -0.05) is 24.3 Å². The number of benzene rings is 2. The number of hydrogen-bond donors (Lipinski definition) is 1. The molecule has 0 aliphatic carbocycles. The highest BCUT2D eigenvalue weighted by atomic mass is 32.1. The van der Waals surface area contributed by atoms with E-state index in [1.807, 2.05) is 58.3 Å². The second-order valence-electron chi connectivity index (χ2n) is 7.58. The molecule has 1 amide bonds. The van der Waals surface area contributed by atoms with Crippen molar-refractivity contribution < 1.29 is 14.3 Å². The van der Waals surface area contributed by atoms with Crippen LogP contribution in [0.15, 0.2) is 48.5 Å². The first kappa shape index (κ1) is 20.5. The van der Waals surface area contributed by atoms with E-state index in [0.29, 0.717) is 24.0 Å². The minimum absolute atomic E-state index is 0.0483. The summed E-state index contributed by atoms with van der Waals surface area (Å²) in [6, 6.07) is 15.6. The number of ether oxygens (including phenoxy) is 2. The Hall–Kier alpha value is -2.80. The van der Waals surface area contributed by atoms with E-state index in [0.717, 1.165) is 42.9 Å². The first-order chi connectivity index (χ1) is 14.7. The van der Waals surface area contributed by atoms with Gasteiger partial charge in [-0.25, -0.2) is 0 Å². The van der Waals surface area contributed by atoms with E-state index in [-0.39, 0.29) is 5.91 Å². The largest absolute Gasteiger partial charge is 0.497 e. The van der Waals surface area contributed by atoms with Crippen LogP contribution in [0.1, 0.15) is 24.8 Å². The maximum atomic E-state index is 13.1. The Bertz CT molecular complexity index is 897. The number of nitrogens with one attached hydrogen (secondary N) is 1. The lowest BCUT2D eigenvalue weighted by atomic mass is 10.1. The van der Waals surface area contributed by atoms with Crippen LogP contribution in [0.2, 0.25) is 0 Å². The molecule has 4 rings (SSSR count). The van der Waals surface area contributed by atoms with Crippen LogP contribution in [0, 0.1) is 0 Å². The molecule has 0 unspecified atom stereocenters. The fraction of sp³-hybridized carbons (Fsp3) is 0.391. The number of nitrogens with zero attached hydrogens (tertiary/aromatic N) is 2. The van der Waals surface area contributed by atoms with Gasteiger partial charge in [0.25, 0.3) is 5.91 Å². The van der Waals surface area contributed by atoms with Crippen molar-refractivity contribution >= 4 is 28.9 Å². The minimum Gasteiger partial charge on any atom is -0.497 e. The summed E-state index contributed by atoms with van der Waals surface area (Å²) in [4.78, 5) is 17.0. The molecule has 0 bridgehead atoms. The van der Waals surface area contributed by atoms with Crippen molar-refractivity contribution in [2.24, 2.45) is 0 Å². The molecular formula is C23H27N3O3S. The van der Waals surface area contributed by atoms with Gasteiger partial charge in [-0.2, -0.15) is 0 Å². The molecule has 2 aromatic rings. The molecular weight excluding hydrogens is 398 g/mol. The molecule has 0 aromatic heterocycles. The highest BCUT2D eigenvalue weighted by molar-refractivity contribution is 7.80. The maximum absolute atomic E-state index is 13.1. The summed E-state index contributed by atoms with van der Waals surface area (Å²) >= 11 is 5.70. The smallest absolute Gasteiger partial charge is 0.265 e. The van der Waals surface area contributed by atoms with Crippen molar-refractivity contribution in [2.75, 3.05) is 31.6 Å². The molecule has 1 saturated heterocycles. The van der Waals surface area contributed by atoms with E-state index in [1.54, 1.807) is 7.11 Å². The molecule has 2 heterocycles. The van der Waals surface area contributed by atoms with Gasteiger partial charge in [0.2, 0.25) is 0 Å². The number of carbonyl (C=O) groups is 1. The number of carbonyl (C=O) groups excluding carboxylic acids is 1. The maximum Gasteiger partial charge on any atom is 0.265 e. The third-order valence-corrected chi connectivity index (χ3v) is 5.93. The van der Waals surface area contributed by atoms with E-state index >= 15 is 0 Å². The van der Waals surface area contributed by atoms with Crippen molar-refractivity contribution in [3.8, 4) is 11.5 Å². The molecule has 1 fully saturated rings. The number of hydrogen-bond acceptors (Lipinski definition) is 4. The Morgan fingerprint density at radius 1 is 1.13 bits per heavy atom. The first-order valence-corrected chi connectivity index (χ1v) is 10.8. The zero-order valence-corrected chi connectivity index (χ0v) is 18.0. The topological polar surface area (TPSA) is 54.0 Å². The summed E-state index contributed by atoms with van der Waals surface area (Å²) in [6.45, 7) is 2.61. The molecule has 6 nitrogen and oxygen atoms in total. The fourth-order valence-corrected chi connectivity index (χ4v) is 4.13. The highest BCUT2D eigenvalue weighted by Gasteiger charge is 2.35. The van der Waals surface area contributed by atoms with Gasteiger partial charge in [-0.15, -0.1) is 0 Å². The summed E-state index contributed by atoms with van der Waals surface area (Å²) in [5.74, 6) is 1.56. The highest BCUT2D eigenvalue weighted by Crippen LogP contribution is 2.34. The van der Waals surface area contributed by atoms with Gasteiger partial charge >= 0.3 is 0 Å². The quantitative estimate of drug-likeness (QED) is 0.759. The number of para-hydroxylation sites is 2. The lowest BCUT2D eigenvalue weighted by Gasteiger charge is -2.38. The molecule has 30 heavy (non-hydrogen) atoms. The molecule has 2 aliphatic rings. The first-order valence-electron chi connectivity index (χ1n) is 10.4. The van der Waals surface area contributed by atoms with E-state index in [9.17, 15) is 4.79 Å².